The molecule has 0 radical (unpaired) electrons. The number of benzene rings is 3. The van der Waals surface area contributed by atoms with Crippen molar-refractivity contribution in [3.63, 3.8) is 0 Å². The molecular weight excluding hydrogens is 334 g/mol. The van der Waals surface area contributed by atoms with Gasteiger partial charge in [0.1, 0.15) is 12.4 Å². The van der Waals surface area contributed by atoms with Gasteiger partial charge in [-0.1, -0.05) is 30.3 Å². The van der Waals surface area contributed by atoms with Gasteiger partial charge in [0, 0.05) is 27.5 Å². The second-order valence-electron chi connectivity index (χ2n) is 5.59. The van der Waals surface area contributed by atoms with Crippen molar-refractivity contribution in [2.45, 2.75) is 4.90 Å². The van der Waals surface area contributed by atoms with Crippen LogP contribution in [-0.4, -0.2) is 29.5 Å². The smallest absolute Gasteiger partial charge is 0.251 e. The Morgan fingerprint density at radius 3 is 2.44 bits per heavy atom. The third-order valence-electron chi connectivity index (χ3n) is 3.83. The molecule has 128 valence electrons. The highest BCUT2D eigenvalue weighted by Gasteiger charge is 2.06. The molecule has 0 unspecified atom stereocenters. The highest BCUT2D eigenvalue weighted by Crippen LogP contribution is 2.20. The number of fused-ring (bicyclic) bond motifs is 1. The van der Waals surface area contributed by atoms with Gasteiger partial charge in [0.15, 0.2) is 0 Å². The molecule has 0 fully saturated rings. The molecule has 0 aromatic heterocycles. The van der Waals surface area contributed by atoms with E-state index in [1.165, 1.54) is 5.39 Å². The van der Waals surface area contributed by atoms with E-state index in [-0.39, 0.29) is 5.91 Å². The molecule has 3 aromatic carbocycles. The zero-order valence-corrected chi connectivity index (χ0v) is 14.7. The fraction of sp³-hybridized carbons (Fsp3) is 0.150. The molecular formula is C20H19NO3S. The van der Waals surface area contributed by atoms with Crippen molar-refractivity contribution in [1.82, 2.24) is 5.32 Å². The minimum atomic E-state index is -1.04. The Bertz CT molecular complexity index is 906. The maximum Gasteiger partial charge on any atom is 0.251 e. The molecule has 5 heteroatoms. The molecule has 0 saturated carbocycles. The van der Waals surface area contributed by atoms with Crippen LogP contribution in [0.2, 0.25) is 0 Å². The predicted molar refractivity (Wildman–Crippen MR) is 101 cm³/mol. The largest absolute Gasteiger partial charge is 0.492 e. The monoisotopic (exact) mass is 353 g/mol. The van der Waals surface area contributed by atoms with Crippen LogP contribution in [0.4, 0.5) is 0 Å². The number of amides is 1. The van der Waals surface area contributed by atoms with E-state index in [2.05, 4.69) is 11.4 Å². The summed E-state index contributed by atoms with van der Waals surface area (Å²) in [5.41, 5.74) is 0.542. The van der Waals surface area contributed by atoms with E-state index >= 15 is 0 Å². The highest BCUT2D eigenvalue weighted by atomic mass is 32.2. The molecule has 0 saturated heterocycles. The first-order valence-corrected chi connectivity index (χ1v) is 9.52. The zero-order valence-electron chi connectivity index (χ0n) is 13.9. The number of hydrogen-bond donors (Lipinski definition) is 1. The normalized spacial score (nSPS) is 11.9. The maximum atomic E-state index is 12.1. The van der Waals surface area contributed by atoms with Crippen molar-refractivity contribution in [2.24, 2.45) is 0 Å². The average molecular weight is 353 g/mol. The molecule has 25 heavy (non-hydrogen) atoms. The lowest BCUT2D eigenvalue weighted by Crippen LogP contribution is -2.28. The summed E-state index contributed by atoms with van der Waals surface area (Å²) in [4.78, 5) is 12.8. The van der Waals surface area contributed by atoms with Crippen molar-refractivity contribution in [1.29, 1.82) is 0 Å². The summed E-state index contributed by atoms with van der Waals surface area (Å²) in [6.45, 7) is 0.800. The second kappa shape index (κ2) is 7.94. The molecule has 1 atom stereocenters. The van der Waals surface area contributed by atoms with Gasteiger partial charge in [-0.25, -0.2) is 0 Å². The van der Waals surface area contributed by atoms with E-state index in [1.54, 1.807) is 30.5 Å². The number of nitrogens with one attached hydrogen (secondary N) is 1. The van der Waals surface area contributed by atoms with E-state index in [0.29, 0.717) is 23.6 Å². The number of carbonyl (C=O) groups excluding carboxylic acids is 1. The Morgan fingerprint density at radius 2 is 1.72 bits per heavy atom. The van der Waals surface area contributed by atoms with E-state index in [1.807, 2.05) is 36.4 Å². The summed E-state index contributed by atoms with van der Waals surface area (Å²) < 4.78 is 17.0. The van der Waals surface area contributed by atoms with Crippen LogP contribution in [0.5, 0.6) is 5.75 Å². The molecule has 3 aromatic rings. The Morgan fingerprint density at radius 1 is 1.00 bits per heavy atom. The van der Waals surface area contributed by atoms with E-state index < -0.39 is 10.8 Å². The molecule has 0 aliphatic carbocycles. The topological polar surface area (TPSA) is 55.4 Å². The van der Waals surface area contributed by atoms with Gasteiger partial charge in [0.2, 0.25) is 0 Å². The van der Waals surface area contributed by atoms with E-state index in [0.717, 1.165) is 11.1 Å². The Hall–Kier alpha value is -2.66. The Balaban J connectivity index is 1.50. The van der Waals surface area contributed by atoms with Gasteiger partial charge in [0.25, 0.3) is 5.91 Å². The summed E-state index contributed by atoms with van der Waals surface area (Å²) in [5, 5.41) is 5.10. The van der Waals surface area contributed by atoms with Crippen LogP contribution in [0.1, 0.15) is 10.4 Å². The van der Waals surface area contributed by atoms with Gasteiger partial charge in [0.05, 0.1) is 6.54 Å². The van der Waals surface area contributed by atoms with Crippen LogP contribution in [0, 0.1) is 0 Å². The van der Waals surface area contributed by atoms with Crippen molar-refractivity contribution in [2.75, 3.05) is 19.4 Å². The third-order valence-corrected chi connectivity index (χ3v) is 4.76. The van der Waals surface area contributed by atoms with Crippen LogP contribution in [0.3, 0.4) is 0 Å². The molecule has 0 bridgehead atoms. The molecule has 3 rings (SSSR count). The van der Waals surface area contributed by atoms with Crippen LogP contribution in [0.25, 0.3) is 10.8 Å². The summed E-state index contributed by atoms with van der Waals surface area (Å²) >= 11 is 0. The van der Waals surface area contributed by atoms with Crippen molar-refractivity contribution in [3.8, 4) is 5.75 Å². The standard InChI is InChI=1S/C20H19NO3S/c1-25(23)19-10-7-16(8-11-19)20(22)21-12-13-24-18-9-6-15-4-2-3-5-17(15)14-18/h2-11,14H,12-13H2,1H3,(H,21,22)/t25-/m1/s1. The fourth-order valence-corrected chi connectivity index (χ4v) is 3.01. The van der Waals surface area contributed by atoms with E-state index in [9.17, 15) is 9.00 Å². The minimum Gasteiger partial charge on any atom is -0.492 e. The molecule has 0 aliphatic heterocycles. The molecule has 0 aliphatic rings. The number of rotatable bonds is 6. The first-order valence-electron chi connectivity index (χ1n) is 7.97. The summed E-state index contributed by atoms with van der Waals surface area (Å²) in [7, 11) is -1.04. The Labute approximate surface area is 149 Å². The molecule has 0 heterocycles. The molecule has 0 spiro atoms. The first-order chi connectivity index (χ1) is 12.1. The van der Waals surface area contributed by atoms with Gasteiger partial charge in [-0.2, -0.15) is 0 Å². The van der Waals surface area contributed by atoms with Gasteiger partial charge in [-0.15, -0.1) is 0 Å². The predicted octanol–water partition coefficient (Wildman–Crippen LogP) is 3.39. The summed E-state index contributed by atoms with van der Waals surface area (Å²) in [6, 6.07) is 20.8. The van der Waals surface area contributed by atoms with Crippen LogP contribution >= 0.6 is 0 Å². The summed E-state index contributed by atoms with van der Waals surface area (Å²) in [6.07, 6.45) is 1.61. The van der Waals surface area contributed by atoms with Crippen molar-refractivity contribution >= 4 is 27.5 Å². The van der Waals surface area contributed by atoms with Gasteiger partial charge >= 0.3 is 0 Å². The van der Waals surface area contributed by atoms with Crippen molar-refractivity contribution < 1.29 is 13.7 Å². The van der Waals surface area contributed by atoms with Crippen LogP contribution < -0.4 is 10.1 Å². The lowest BCUT2D eigenvalue weighted by atomic mass is 10.1. The zero-order chi connectivity index (χ0) is 17.6. The number of hydrogen-bond acceptors (Lipinski definition) is 3. The molecule has 1 N–H and O–H groups in total. The number of ether oxygens (including phenoxy) is 1. The fourth-order valence-electron chi connectivity index (χ4n) is 2.49. The molecule has 4 nitrogen and oxygen atoms in total. The number of carbonyl (C=O) groups is 1. The van der Waals surface area contributed by atoms with E-state index in [4.69, 9.17) is 4.74 Å². The lowest BCUT2D eigenvalue weighted by Gasteiger charge is -2.09. The minimum absolute atomic E-state index is 0.171. The summed E-state index contributed by atoms with van der Waals surface area (Å²) in [5.74, 6) is 0.610. The second-order valence-corrected chi connectivity index (χ2v) is 6.97. The Kier molecular flexibility index (Phi) is 5.46. The van der Waals surface area contributed by atoms with Crippen molar-refractivity contribution in [3.05, 3.63) is 72.3 Å². The third kappa shape index (κ3) is 4.45. The van der Waals surface area contributed by atoms with Crippen LogP contribution in [0.15, 0.2) is 71.6 Å². The lowest BCUT2D eigenvalue weighted by molar-refractivity contribution is 0.0947. The van der Waals surface area contributed by atoms with Gasteiger partial charge < -0.3 is 10.1 Å². The van der Waals surface area contributed by atoms with Gasteiger partial charge in [-0.3, -0.25) is 9.00 Å². The van der Waals surface area contributed by atoms with Crippen LogP contribution in [-0.2, 0) is 10.8 Å². The highest BCUT2D eigenvalue weighted by molar-refractivity contribution is 7.84. The average Bonchev–Trinajstić information content (AvgIpc) is 2.65. The molecule has 1 amide bonds. The SMILES string of the molecule is C[S@@](=O)c1ccc(C(=O)NCCOc2ccc3ccccc3c2)cc1. The van der Waals surface area contributed by atoms with Gasteiger partial charge in [-0.05, 0) is 47.2 Å². The first kappa shape index (κ1) is 17.2. The quantitative estimate of drug-likeness (QED) is 0.691. The maximum absolute atomic E-state index is 12.1.